The topological polar surface area (TPSA) is 37.6 Å². The number of aliphatic hydroxyl groups is 1. The number of aryl methyl sites for hydroxylation is 1. The van der Waals surface area contributed by atoms with E-state index in [9.17, 15) is 5.11 Å². The second-order valence-corrected chi connectivity index (χ2v) is 9.91. The molecule has 0 unspecified atom stereocenters. The Labute approximate surface area is 205 Å². The summed E-state index contributed by atoms with van der Waals surface area (Å²) in [5.41, 5.74) is 5.12. The zero-order chi connectivity index (χ0) is 23.6. The quantitative estimate of drug-likeness (QED) is 0.371. The van der Waals surface area contributed by atoms with E-state index >= 15 is 0 Å². The van der Waals surface area contributed by atoms with Crippen LogP contribution in [0.15, 0.2) is 72.9 Å². The molecule has 0 spiro atoms. The van der Waals surface area contributed by atoms with Gasteiger partial charge in [0.05, 0.1) is 19.3 Å². The molecule has 0 saturated heterocycles. The van der Waals surface area contributed by atoms with Crippen molar-refractivity contribution < 1.29 is 9.84 Å². The number of benzene rings is 2. The molecule has 0 radical (unpaired) electrons. The molecule has 1 heterocycles. The van der Waals surface area contributed by atoms with E-state index in [1.807, 2.05) is 18.2 Å². The number of hydrogen-bond acceptors (Lipinski definition) is 3. The van der Waals surface area contributed by atoms with E-state index in [-0.39, 0.29) is 0 Å². The maximum Gasteiger partial charge on any atom is 0.0900 e. The van der Waals surface area contributed by atoms with Gasteiger partial charge in [-0.05, 0) is 54.5 Å². The van der Waals surface area contributed by atoms with Gasteiger partial charge in [0, 0.05) is 38.1 Å². The van der Waals surface area contributed by atoms with Crippen molar-refractivity contribution in [1.29, 1.82) is 0 Å². The second-order valence-electron chi connectivity index (χ2n) is 9.91. The van der Waals surface area contributed by atoms with Crippen molar-refractivity contribution in [3.8, 4) is 0 Å². The minimum absolute atomic E-state index is 0.361. The molecule has 4 nitrogen and oxygen atoms in total. The first-order valence-corrected chi connectivity index (χ1v) is 12.9. The summed E-state index contributed by atoms with van der Waals surface area (Å²) in [4.78, 5) is 2.45. The first kappa shape index (κ1) is 24.7. The number of aromatic nitrogens is 1. The molecule has 0 aliphatic heterocycles. The molecule has 0 amide bonds. The predicted octanol–water partition coefficient (Wildman–Crippen LogP) is 5.80. The zero-order valence-corrected chi connectivity index (χ0v) is 20.6. The van der Waals surface area contributed by atoms with Crippen LogP contribution in [-0.2, 0) is 24.4 Å². The number of rotatable bonds is 12. The zero-order valence-electron chi connectivity index (χ0n) is 20.6. The minimum Gasteiger partial charge on any atom is -0.389 e. The maximum absolute atomic E-state index is 10.8. The Morgan fingerprint density at radius 3 is 2.53 bits per heavy atom. The van der Waals surface area contributed by atoms with Crippen molar-refractivity contribution in [2.75, 3.05) is 19.7 Å². The van der Waals surface area contributed by atoms with Crippen LogP contribution in [0.5, 0.6) is 0 Å². The summed E-state index contributed by atoms with van der Waals surface area (Å²) in [6.07, 6.45) is 8.34. The third-order valence-electron chi connectivity index (χ3n) is 7.04. The smallest absolute Gasteiger partial charge is 0.0900 e. The molecule has 182 valence electrons. The molecule has 34 heavy (non-hydrogen) atoms. The fourth-order valence-electron chi connectivity index (χ4n) is 5.12. The van der Waals surface area contributed by atoms with Crippen molar-refractivity contribution in [3.63, 3.8) is 0 Å². The van der Waals surface area contributed by atoms with Crippen LogP contribution >= 0.6 is 0 Å². The van der Waals surface area contributed by atoms with E-state index in [1.54, 1.807) is 0 Å². The molecular weight excluding hydrogens is 420 g/mol. The van der Waals surface area contributed by atoms with Gasteiger partial charge < -0.3 is 14.4 Å². The van der Waals surface area contributed by atoms with Crippen molar-refractivity contribution in [3.05, 3.63) is 95.3 Å². The molecule has 1 fully saturated rings. The van der Waals surface area contributed by atoms with Crippen LogP contribution in [0, 0.1) is 12.8 Å². The van der Waals surface area contributed by atoms with Gasteiger partial charge in [0.15, 0.2) is 0 Å². The van der Waals surface area contributed by atoms with Crippen LogP contribution in [0.2, 0.25) is 0 Å². The maximum atomic E-state index is 10.8. The lowest BCUT2D eigenvalue weighted by molar-refractivity contribution is 0.00469. The molecule has 3 aromatic rings. The SMILES string of the molecule is Cc1ccccc1Cn1cccc1CN(CC1CCCCC1)C[C@@H](O)COCc1ccccc1. The van der Waals surface area contributed by atoms with Crippen LogP contribution in [0.3, 0.4) is 0 Å². The monoisotopic (exact) mass is 460 g/mol. The Balaban J connectivity index is 1.37. The highest BCUT2D eigenvalue weighted by molar-refractivity contribution is 5.26. The molecule has 4 heteroatoms. The summed E-state index contributed by atoms with van der Waals surface area (Å²) in [6, 6.07) is 23.2. The lowest BCUT2D eigenvalue weighted by Gasteiger charge is -2.31. The lowest BCUT2D eigenvalue weighted by Crippen LogP contribution is -2.38. The Morgan fingerprint density at radius 1 is 0.971 bits per heavy atom. The standard InChI is InChI=1S/C30H40N2O2/c1-25-11-8-9-16-28(25)20-32-18-10-17-29(32)21-31(19-26-12-4-2-5-13-26)22-30(33)24-34-23-27-14-6-3-7-15-27/h3,6-11,14-18,26,30,33H,2,4-5,12-13,19-24H2,1H3/t30-/m1/s1. The first-order chi connectivity index (χ1) is 16.7. The van der Waals surface area contributed by atoms with Gasteiger partial charge in [-0.1, -0.05) is 73.9 Å². The van der Waals surface area contributed by atoms with E-state index in [0.717, 1.165) is 31.1 Å². The van der Waals surface area contributed by atoms with Crippen LogP contribution in [0.1, 0.15) is 54.5 Å². The second kappa shape index (κ2) is 12.9. The molecule has 4 rings (SSSR count). The van der Waals surface area contributed by atoms with Gasteiger partial charge in [0.2, 0.25) is 0 Å². The van der Waals surface area contributed by atoms with Gasteiger partial charge in [0.25, 0.3) is 0 Å². The van der Waals surface area contributed by atoms with Crippen LogP contribution in [-0.4, -0.2) is 40.4 Å². The summed E-state index contributed by atoms with van der Waals surface area (Å²) in [7, 11) is 0. The Morgan fingerprint density at radius 2 is 1.74 bits per heavy atom. The molecule has 0 bridgehead atoms. The number of nitrogens with zero attached hydrogens (tertiary/aromatic N) is 2. The van der Waals surface area contributed by atoms with E-state index in [2.05, 4.69) is 71.1 Å². The van der Waals surface area contributed by atoms with Gasteiger partial charge in [-0.25, -0.2) is 0 Å². The summed E-state index contributed by atoms with van der Waals surface area (Å²) in [5, 5.41) is 10.8. The largest absolute Gasteiger partial charge is 0.389 e. The third kappa shape index (κ3) is 7.56. The van der Waals surface area contributed by atoms with Crippen LogP contribution in [0.25, 0.3) is 0 Å². The third-order valence-corrected chi connectivity index (χ3v) is 7.04. The van der Waals surface area contributed by atoms with E-state index < -0.39 is 6.10 Å². The van der Waals surface area contributed by atoms with E-state index in [0.29, 0.717) is 19.8 Å². The number of ether oxygens (including phenoxy) is 1. The molecule has 1 saturated carbocycles. The van der Waals surface area contributed by atoms with Crippen molar-refractivity contribution in [2.24, 2.45) is 5.92 Å². The Bertz CT molecular complexity index is 978. The molecule has 1 N–H and O–H groups in total. The van der Waals surface area contributed by atoms with Crippen LogP contribution < -0.4 is 0 Å². The highest BCUT2D eigenvalue weighted by Gasteiger charge is 2.21. The average Bonchev–Trinajstić information content (AvgIpc) is 3.28. The van der Waals surface area contributed by atoms with Gasteiger partial charge in [-0.15, -0.1) is 0 Å². The summed E-state index contributed by atoms with van der Waals surface area (Å²) in [6.45, 7) is 6.51. The van der Waals surface area contributed by atoms with Gasteiger partial charge >= 0.3 is 0 Å². The van der Waals surface area contributed by atoms with E-state index in [1.165, 1.54) is 48.9 Å². The molecule has 2 aromatic carbocycles. The summed E-state index contributed by atoms with van der Waals surface area (Å²) >= 11 is 0. The van der Waals surface area contributed by atoms with E-state index in [4.69, 9.17) is 4.74 Å². The average molecular weight is 461 g/mol. The lowest BCUT2D eigenvalue weighted by atomic mass is 9.89. The molecule has 1 aromatic heterocycles. The minimum atomic E-state index is -0.493. The molecular formula is C30H40N2O2. The Hall–Kier alpha value is -2.40. The highest BCUT2D eigenvalue weighted by Crippen LogP contribution is 2.25. The number of hydrogen-bond donors (Lipinski definition) is 1. The summed E-state index contributed by atoms with van der Waals surface area (Å²) in [5.74, 6) is 0.728. The van der Waals surface area contributed by atoms with Crippen molar-refractivity contribution >= 4 is 0 Å². The molecule has 1 atom stereocenters. The van der Waals surface area contributed by atoms with Crippen molar-refractivity contribution in [2.45, 2.75) is 64.8 Å². The van der Waals surface area contributed by atoms with Crippen LogP contribution in [0.4, 0.5) is 0 Å². The molecule has 1 aliphatic carbocycles. The highest BCUT2D eigenvalue weighted by atomic mass is 16.5. The Kier molecular flexibility index (Phi) is 9.37. The fraction of sp³-hybridized carbons (Fsp3) is 0.467. The first-order valence-electron chi connectivity index (χ1n) is 12.9. The normalized spacial score (nSPS) is 15.6. The number of aliphatic hydroxyl groups excluding tert-OH is 1. The van der Waals surface area contributed by atoms with Gasteiger partial charge in [0.1, 0.15) is 0 Å². The predicted molar refractivity (Wildman–Crippen MR) is 139 cm³/mol. The fourth-order valence-corrected chi connectivity index (χ4v) is 5.12. The molecule has 1 aliphatic rings. The van der Waals surface area contributed by atoms with Gasteiger partial charge in [-0.3, -0.25) is 4.90 Å². The van der Waals surface area contributed by atoms with Gasteiger partial charge in [-0.2, -0.15) is 0 Å². The summed E-state index contributed by atoms with van der Waals surface area (Å²) < 4.78 is 8.20. The van der Waals surface area contributed by atoms with Crippen molar-refractivity contribution in [1.82, 2.24) is 9.47 Å².